The van der Waals surface area contributed by atoms with Crippen molar-refractivity contribution in [2.75, 3.05) is 5.73 Å². The normalized spacial score (nSPS) is 18.8. The van der Waals surface area contributed by atoms with Gasteiger partial charge in [0.15, 0.2) is 11.7 Å². The second-order valence-corrected chi connectivity index (χ2v) is 9.72. The zero-order valence-corrected chi connectivity index (χ0v) is 19.5. The number of nitrogens with two attached hydrogens (primary N) is 1. The molecule has 0 saturated heterocycles. The van der Waals surface area contributed by atoms with Crippen LogP contribution in [0.25, 0.3) is 22.5 Å². The molecule has 0 aliphatic heterocycles. The Labute approximate surface area is 193 Å². The largest absolute Gasteiger partial charge is 0.441 e. The third-order valence-electron chi connectivity index (χ3n) is 5.65. The zero-order chi connectivity index (χ0) is 22.2. The summed E-state index contributed by atoms with van der Waals surface area (Å²) in [4.78, 5) is 8.57. The first-order valence-electron chi connectivity index (χ1n) is 10.2. The van der Waals surface area contributed by atoms with Crippen molar-refractivity contribution in [1.29, 1.82) is 0 Å². The Kier molecular flexibility index (Phi) is 7.24. The van der Waals surface area contributed by atoms with Crippen molar-refractivity contribution in [1.82, 2.24) is 14.7 Å². The van der Waals surface area contributed by atoms with Gasteiger partial charge in [0.25, 0.3) is 0 Å². The van der Waals surface area contributed by atoms with Crippen LogP contribution in [0.1, 0.15) is 37.1 Å². The molecule has 0 unspecified atom stereocenters. The number of pyridine rings is 1. The van der Waals surface area contributed by atoms with Gasteiger partial charge in [0.2, 0.25) is 10.0 Å². The number of aliphatic hydroxyl groups is 1. The molecule has 2 aromatic heterocycles. The number of aliphatic hydroxyl groups excluding tert-OH is 1. The number of hydrogen-bond acceptors (Lipinski definition) is 7. The van der Waals surface area contributed by atoms with Gasteiger partial charge in [-0.3, -0.25) is 0 Å². The smallest absolute Gasteiger partial charge is 0.240 e. The number of nitrogens with zero attached hydrogens (tertiary/aromatic N) is 2. The van der Waals surface area contributed by atoms with Gasteiger partial charge in [-0.15, -0.1) is 12.4 Å². The van der Waals surface area contributed by atoms with Gasteiger partial charge in [-0.2, -0.15) is 0 Å². The molecule has 0 bridgehead atoms. The number of halogens is 1. The van der Waals surface area contributed by atoms with Crippen LogP contribution in [0.4, 0.5) is 5.82 Å². The molecule has 1 saturated carbocycles. The quantitative estimate of drug-likeness (QED) is 0.510. The molecule has 3 aromatic rings. The molecule has 172 valence electrons. The minimum Gasteiger partial charge on any atom is -0.441 e. The van der Waals surface area contributed by atoms with E-state index in [0.717, 1.165) is 16.7 Å². The van der Waals surface area contributed by atoms with Gasteiger partial charge in [-0.1, -0.05) is 6.07 Å². The van der Waals surface area contributed by atoms with E-state index in [-0.39, 0.29) is 29.4 Å². The lowest BCUT2D eigenvalue weighted by atomic mass is 9.94. The maximum Gasteiger partial charge on any atom is 0.240 e. The number of sulfonamides is 1. The number of nitrogen functional groups attached to an aromatic ring is 1. The standard InChI is InChI=1S/C22H26N4O4S.ClH/c1-13-3-8-18(31(28,29)26-16-4-6-17(27)7-5-16)10-19(13)15-9-20(22(23)25-11-15)21-12-24-14(2)30-21;/h3,8-12,16-17,26-27H,4-7H2,1-2H3,(H2,23,25);1H. The summed E-state index contributed by atoms with van der Waals surface area (Å²) < 4.78 is 34.3. The molecule has 8 nitrogen and oxygen atoms in total. The SMILES string of the molecule is Cc1ncc(-c2cc(-c3cc(S(=O)(=O)NC4CCC(O)CC4)ccc3C)cnc2N)o1.Cl. The Bertz CT molecular complexity index is 1200. The number of hydrogen-bond donors (Lipinski definition) is 3. The van der Waals surface area contributed by atoms with Crippen molar-refractivity contribution in [3.05, 3.63) is 48.1 Å². The van der Waals surface area contributed by atoms with Crippen molar-refractivity contribution in [2.24, 2.45) is 0 Å². The molecule has 1 fully saturated rings. The van der Waals surface area contributed by atoms with Gasteiger partial charge < -0.3 is 15.3 Å². The van der Waals surface area contributed by atoms with Gasteiger partial charge >= 0.3 is 0 Å². The van der Waals surface area contributed by atoms with E-state index in [0.29, 0.717) is 48.7 Å². The van der Waals surface area contributed by atoms with Crippen LogP contribution < -0.4 is 10.5 Å². The van der Waals surface area contributed by atoms with Gasteiger partial charge in [-0.25, -0.2) is 23.1 Å². The Morgan fingerprint density at radius 3 is 2.44 bits per heavy atom. The summed E-state index contributed by atoms with van der Waals surface area (Å²) in [5.74, 6) is 1.33. The number of aryl methyl sites for hydroxylation is 2. The summed E-state index contributed by atoms with van der Waals surface area (Å²) >= 11 is 0. The molecular formula is C22H27ClN4O4S. The first-order valence-corrected chi connectivity index (χ1v) is 11.7. The van der Waals surface area contributed by atoms with Gasteiger partial charge in [0, 0.05) is 24.7 Å². The minimum atomic E-state index is -3.70. The van der Waals surface area contributed by atoms with E-state index in [1.807, 2.05) is 13.0 Å². The number of nitrogens with one attached hydrogen (secondary N) is 1. The molecule has 1 aromatic carbocycles. The number of benzene rings is 1. The Balaban J connectivity index is 0.00000289. The van der Waals surface area contributed by atoms with E-state index < -0.39 is 10.0 Å². The van der Waals surface area contributed by atoms with Gasteiger partial charge in [0.1, 0.15) is 5.82 Å². The molecule has 0 spiro atoms. The topological polar surface area (TPSA) is 131 Å². The van der Waals surface area contributed by atoms with Crippen LogP contribution in [0.5, 0.6) is 0 Å². The maximum atomic E-state index is 13.0. The molecule has 32 heavy (non-hydrogen) atoms. The molecule has 2 heterocycles. The van der Waals surface area contributed by atoms with Crippen LogP contribution in [0.15, 0.2) is 46.0 Å². The Morgan fingerprint density at radius 2 is 1.78 bits per heavy atom. The highest BCUT2D eigenvalue weighted by Gasteiger charge is 2.25. The molecule has 4 rings (SSSR count). The highest BCUT2D eigenvalue weighted by atomic mass is 35.5. The van der Waals surface area contributed by atoms with Crippen LogP contribution >= 0.6 is 12.4 Å². The molecular weight excluding hydrogens is 452 g/mol. The van der Waals surface area contributed by atoms with Crippen molar-refractivity contribution < 1.29 is 17.9 Å². The maximum absolute atomic E-state index is 13.0. The third kappa shape index (κ3) is 5.12. The van der Waals surface area contributed by atoms with Crippen LogP contribution in [-0.2, 0) is 10.0 Å². The van der Waals surface area contributed by atoms with Crippen molar-refractivity contribution in [2.45, 2.75) is 56.6 Å². The lowest BCUT2D eigenvalue weighted by Gasteiger charge is -2.26. The predicted molar refractivity (Wildman–Crippen MR) is 125 cm³/mol. The average Bonchev–Trinajstić information content (AvgIpc) is 3.16. The summed E-state index contributed by atoms with van der Waals surface area (Å²) in [5, 5.41) is 9.66. The van der Waals surface area contributed by atoms with E-state index in [4.69, 9.17) is 10.2 Å². The molecule has 0 radical (unpaired) electrons. The van der Waals surface area contributed by atoms with Crippen LogP contribution in [0.2, 0.25) is 0 Å². The Hall–Kier alpha value is -2.46. The van der Waals surface area contributed by atoms with Gasteiger partial charge in [0.05, 0.1) is 22.8 Å². The van der Waals surface area contributed by atoms with Crippen molar-refractivity contribution >= 4 is 28.2 Å². The zero-order valence-electron chi connectivity index (χ0n) is 17.9. The van der Waals surface area contributed by atoms with Crippen LogP contribution in [0.3, 0.4) is 0 Å². The fraction of sp³-hybridized carbons (Fsp3) is 0.364. The van der Waals surface area contributed by atoms with Crippen molar-refractivity contribution in [3.8, 4) is 22.5 Å². The highest BCUT2D eigenvalue weighted by Crippen LogP contribution is 2.32. The lowest BCUT2D eigenvalue weighted by molar-refractivity contribution is 0.120. The summed E-state index contributed by atoms with van der Waals surface area (Å²) in [5.41, 5.74) is 9.02. The fourth-order valence-electron chi connectivity index (χ4n) is 3.87. The monoisotopic (exact) mass is 478 g/mol. The number of anilines is 1. The minimum absolute atomic E-state index is 0. The van der Waals surface area contributed by atoms with Gasteiger partial charge in [-0.05, 0) is 61.9 Å². The molecule has 0 amide bonds. The van der Waals surface area contributed by atoms with E-state index in [2.05, 4.69) is 14.7 Å². The summed E-state index contributed by atoms with van der Waals surface area (Å²) in [6.45, 7) is 3.66. The van der Waals surface area contributed by atoms with Crippen LogP contribution in [0, 0.1) is 13.8 Å². The number of rotatable bonds is 5. The fourth-order valence-corrected chi connectivity index (χ4v) is 5.20. The third-order valence-corrected chi connectivity index (χ3v) is 7.17. The molecule has 1 aliphatic carbocycles. The molecule has 4 N–H and O–H groups in total. The second-order valence-electron chi connectivity index (χ2n) is 8.00. The summed E-state index contributed by atoms with van der Waals surface area (Å²) in [7, 11) is -3.70. The first-order chi connectivity index (χ1) is 14.7. The predicted octanol–water partition coefficient (Wildman–Crippen LogP) is 3.61. The van der Waals surface area contributed by atoms with E-state index in [1.165, 1.54) is 0 Å². The molecule has 1 aliphatic rings. The number of aromatic nitrogens is 2. The molecule has 10 heteroatoms. The average molecular weight is 479 g/mol. The van der Waals surface area contributed by atoms with E-state index in [9.17, 15) is 13.5 Å². The molecule has 0 atom stereocenters. The second kappa shape index (κ2) is 9.58. The summed E-state index contributed by atoms with van der Waals surface area (Å²) in [6.07, 6.45) is 5.33. The Morgan fingerprint density at radius 1 is 1.06 bits per heavy atom. The lowest BCUT2D eigenvalue weighted by Crippen LogP contribution is -2.38. The first kappa shape index (κ1) is 24.2. The summed E-state index contributed by atoms with van der Waals surface area (Å²) in [6, 6.07) is 6.69. The van der Waals surface area contributed by atoms with E-state index in [1.54, 1.807) is 37.5 Å². The van der Waals surface area contributed by atoms with Crippen molar-refractivity contribution in [3.63, 3.8) is 0 Å². The highest BCUT2D eigenvalue weighted by molar-refractivity contribution is 7.89. The number of oxazole rings is 1. The van der Waals surface area contributed by atoms with Crippen LogP contribution in [-0.4, -0.2) is 35.6 Å². The van der Waals surface area contributed by atoms with E-state index >= 15 is 0 Å².